The largest absolute Gasteiger partial charge is 0.468 e. The van der Waals surface area contributed by atoms with Crippen molar-refractivity contribution in [2.75, 3.05) is 12.4 Å². The molecule has 1 N–H and O–H groups in total. The summed E-state index contributed by atoms with van der Waals surface area (Å²) in [6.07, 6.45) is 0. The molecule has 1 rings (SSSR count). The molecule has 0 aromatic heterocycles. The highest BCUT2D eigenvalue weighted by Crippen LogP contribution is 2.21. The van der Waals surface area contributed by atoms with Crippen molar-refractivity contribution in [3.05, 3.63) is 29.8 Å². The lowest BCUT2D eigenvalue weighted by Crippen LogP contribution is -2.38. The second-order valence-corrected chi connectivity index (χ2v) is 4.71. The molecular formula is C14H17NO4. The van der Waals surface area contributed by atoms with Gasteiger partial charge in [0.05, 0.1) is 7.11 Å². The first kappa shape index (κ1) is 14.9. The molecule has 0 fully saturated rings. The summed E-state index contributed by atoms with van der Waals surface area (Å²) >= 11 is 0. The van der Waals surface area contributed by atoms with Gasteiger partial charge in [-0.15, -0.1) is 0 Å². The number of anilines is 1. The molecule has 0 aliphatic carbocycles. The summed E-state index contributed by atoms with van der Waals surface area (Å²) in [5, 5.41) is 2.60. The Kier molecular flexibility index (Phi) is 4.43. The maximum atomic E-state index is 12.0. The summed E-state index contributed by atoms with van der Waals surface area (Å²) in [4.78, 5) is 34.8. The number of hydrogen-bond acceptors (Lipinski definition) is 4. The zero-order valence-corrected chi connectivity index (χ0v) is 11.4. The monoisotopic (exact) mass is 263 g/mol. The van der Waals surface area contributed by atoms with Gasteiger partial charge in [0.1, 0.15) is 5.41 Å². The number of Topliss-reactive ketones (excluding diaryl/α,β-unsaturated/α-hetero) is 1. The minimum atomic E-state index is -1.29. The third-order valence-electron chi connectivity index (χ3n) is 2.79. The van der Waals surface area contributed by atoms with Crippen molar-refractivity contribution in [3.63, 3.8) is 0 Å². The van der Waals surface area contributed by atoms with Crippen LogP contribution in [0.2, 0.25) is 0 Å². The second kappa shape index (κ2) is 5.65. The molecule has 0 spiro atoms. The molecule has 1 amide bonds. The SMILES string of the molecule is COC(=O)C(C)(C)C(=O)Nc1cccc(C(C)=O)c1. The van der Waals surface area contributed by atoms with Gasteiger partial charge >= 0.3 is 5.97 Å². The van der Waals surface area contributed by atoms with Crippen LogP contribution in [0.4, 0.5) is 5.69 Å². The number of benzene rings is 1. The first-order chi connectivity index (χ1) is 8.78. The minimum absolute atomic E-state index is 0.0941. The van der Waals surface area contributed by atoms with E-state index in [0.29, 0.717) is 11.3 Å². The van der Waals surface area contributed by atoms with Crippen LogP contribution in [0.15, 0.2) is 24.3 Å². The molecule has 0 heterocycles. The molecule has 1 aromatic carbocycles. The minimum Gasteiger partial charge on any atom is -0.468 e. The number of esters is 1. The maximum absolute atomic E-state index is 12.0. The van der Waals surface area contributed by atoms with E-state index < -0.39 is 17.3 Å². The Balaban J connectivity index is 2.91. The Labute approximate surface area is 111 Å². The molecule has 0 saturated carbocycles. The quantitative estimate of drug-likeness (QED) is 0.512. The number of nitrogens with one attached hydrogen (secondary N) is 1. The van der Waals surface area contributed by atoms with Gasteiger partial charge in [0.15, 0.2) is 5.78 Å². The van der Waals surface area contributed by atoms with Gasteiger partial charge in [-0.1, -0.05) is 12.1 Å². The Morgan fingerprint density at radius 1 is 1.21 bits per heavy atom. The Bertz CT molecular complexity index is 520. The number of amides is 1. The molecule has 5 nitrogen and oxygen atoms in total. The first-order valence-electron chi connectivity index (χ1n) is 5.80. The molecule has 0 saturated heterocycles. The number of ether oxygens (including phenoxy) is 1. The summed E-state index contributed by atoms with van der Waals surface area (Å²) in [5.41, 5.74) is -0.329. The maximum Gasteiger partial charge on any atom is 0.320 e. The van der Waals surface area contributed by atoms with Gasteiger partial charge in [0.2, 0.25) is 5.91 Å². The summed E-state index contributed by atoms with van der Waals surface area (Å²) < 4.78 is 4.58. The lowest BCUT2D eigenvalue weighted by atomic mass is 9.92. The van der Waals surface area contributed by atoms with Gasteiger partial charge in [-0.05, 0) is 32.9 Å². The lowest BCUT2D eigenvalue weighted by Gasteiger charge is -2.20. The Hall–Kier alpha value is -2.17. The number of hydrogen-bond donors (Lipinski definition) is 1. The van der Waals surface area contributed by atoms with Crippen molar-refractivity contribution in [3.8, 4) is 0 Å². The van der Waals surface area contributed by atoms with E-state index in [0.717, 1.165) is 0 Å². The Morgan fingerprint density at radius 3 is 2.37 bits per heavy atom. The Morgan fingerprint density at radius 2 is 1.84 bits per heavy atom. The first-order valence-corrected chi connectivity index (χ1v) is 5.80. The predicted octanol–water partition coefficient (Wildman–Crippen LogP) is 2.03. The lowest BCUT2D eigenvalue weighted by molar-refractivity contribution is -0.154. The number of methoxy groups -OCH3 is 1. The van der Waals surface area contributed by atoms with Gasteiger partial charge in [-0.25, -0.2) is 0 Å². The number of rotatable bonds is 4. The van der Waals surface area contributed by atoms with Crippen LogP contribution in [0.3, 0.4) is 0 Å². The van der Waals surface area contributed by atoms with Crippen LogP contribution in [0.1, 0.15) is 31.1 Å². The van der Waals surface area contributed by atoms with E-state index in [1.54, 1.807) is 24.3 Å². The van der Waals surface area contributed by atoms with Crippen molar-refractivity contribution in [1.29, 1.82) is 0 Å². The van der Waals surface area contributed by atoms with Gasteiger partial charge in [-0.3, -0.25) is 14.4 Å². The van der Waals surface area contributed by atoms with Gasteiger partial charge < -0.3 is 10.1 Å². The summed E-state index contributed by atoms with van der Waals surface area (Å²) in [6, 6.07) is 6.53. The number of carbonyl (C=O) groups excluding carboxylic acids is 3. The predicted molar refractivity (Wildman–Crippen MR) is 70.9 cm³/mol. The fourth-order valence-corrected chi connectivity index (χ4v) is 1.45. The van der Waals surface area contributed by atoms with Crippen molar-refractivity contribution in [2.24, 2.45) is 5.41 Å². The molecule has 19 heavy (non-hydrogen) atoms. The van der Waals surface area contributed by atoms with Crippen LogP contribution >= 0.6 is 0 Å². The molecule has 5 heteroatoms. The van der Waals surface area contributed by atoms with E-state index in [9.17, 15) is 14.4 Å². The zero-order chi connectivity index (χ0) is 14.6. The van der Waals surface area contributed by atoms with E-state index in [2.05, 4.69) is 10.1 Å². The zero-order valence-electron chi connectivity index (χ0n) is 11.4. The molecular weight excluding hydrogens is 246 g/mol. The molecule has 102 valence electrons. The normalized spacial score (nSPS) is 10.7. The molecule has 0 aliphatic rings. The highest BCUT2D eigenvalue weighted by Gasteiger charge is 2.37. The van der Waals surface area contributed by atoms with Gasteiger partial charge in [0.25, 0.3) is 0 Å². The van der Waals surface area contributed by atoms with Gasteiger partial charge in [-0.2, -0.15) is 0 Å². The van der Waals surface area contributed by atoms with Crippen LogP contribution in [0, 0.1) is 5.41 Å². The van der Waals surface area contributed by atoms with E-state index in [1.165, 1.54) is 27.9 Å². The van der Waals surface area contributed by atoms with Gasteiger partial charge in [0, 0.05) is 11.3 Å². The second-order valence-electron chi connectivity index (χ2n) is 4.71. The van der Waals surface area contributed by atoms with Crippen molar-refractivity contribution >= 4 is 23.3 Å². The van der Waals surface area contributed by atoms with Crippen LogP contribution in [-0.4, -0.2) is 24.8 Å². The average molecular weight is 263 g/mol. The van der Waals surface area contributed by atoms with Crippen LogP contribution in [0.5, 0.6) is 0 Å². The summed E-state index contributed by atoms with van der Waals surface area (Å²) in [7, 11) is 1.23. The summed E-state index contributed by atoms with van der Waals surface area (Å²) in [5.74, 6) is -1.20. The fourth-order valence-electron chi connectivity index (χ4n) is 1.45. The molecule has 0 bridgehead atoms. The topological polar surface area (TPSA) is 72.5 Å². The van der Waals surface area contributed by atoms with E-state index in [4.69, 9.17) is 0 Å². The standard InChI is InChI=1S/C14H17NO4/c1-9(16)10-6-5-7-11(8-10)15-12(17)14(2,3)13(18)19-4/h5-8H,1-4H3,(H,15,17). The van der Waals surface area contributed by atoms with Crippen molar-refractivity contribution < 1.29 is 19.1 Å². The van der Waals surface area contributed by atoms with Crippen molar-refractivity contribution in [1.82, 2.24) is 0 Å². The fraction of sp³-hybridized carbons (Fsp3) is 0.357. The molecule has 0 aliphatic heterocycles. The highest BCUT2D eigenvalue weighted by molar-refractivity contribution is 6.08. The molecule has 0 unspecified atom stereocenters. The third kappa shape index (κ3) is 3.40. The van der Waals surface area contributed by atoms with Crippen LogP contribution in [-0.2, 0) is 14.3 Å². The molecule has 0 atom stereocenters. The van der Waals surface area contributed by atoms with E-state index >= 15 is 0 Å². The number of ketones is 1. The third-order valence-corrected chi connectivity index (χ3v) is 2.79. The molecule has 0 radical (unpaired) electrons. The van der Waals surface area contributed by atoms with Crippen molar-refractivity contribution in [2.45, 2.75) is 20.8 Å². The van der Waals surface area contributed by atoms with E-state index in [1.807, 2.05) is 0 Å². The highest BCUT2D eigenvalue weighted by atomic mass is 16.5. The average Bonchev–Trinajstić information content (AvgIpc) is 2.37. The van der Waals surface area contributed by atoms with Crippen LogP contribution in [0.25, 0.3) is 0 Å². The molecule has 1 aromatic rings. The summed E-state index contributed by atoms with van der Waals surface area (Å²) in [6.45, 7) is 4.39. The van der Waals surface area contributed by atoms with E-state index in [-0.39, 0.29) is 5.78 Å². The smallest absolute Gasteiger partial charge is 0.320 e. The number of carbonyl (C=O) groups is 3. The van der Waals surface area contributed by atoms with Crippen LogP contribution < -0.4 is 5.32 Å².